The number of carbonyl (C=O) groups excluding carboxylic acids is 1. The van der Waals surface area contributed by atoms with E-state index in [0.29, 0.717) is 6.61 Å². The molecule has 0 atom stereocenters. The summed E-state index contributed by atoms with van der Waals surface area (Å²) in [6, 6.07) is 4.16. The van der Waals surface area contributed by atoms with E-state index < -0.39 is 5.97 Å². The molecule has 0 aliphatic heterocycles. The van der Waals surface area contributed by atoms with Gasteiger partial charge in [-0.05, 0) is 12.5 Å². The summed E-state index contributed by atoms with van der Waals surface area (Å²) in [5.41, 5.74) is 0.181. The fourth-order valence-corrected chi connectivity index (χ4v) is 0.882. The van der Waals surface area contributed by atoms with Crippen LogP contribution in [0.3, 0.4) is 0 Å². The van der Waals surface area contributed by atoms with Crippen LogP contribution in [0.5, 0.6) is 0 Å². The normalized spacial score (nSPS) is 8.14. The molecule has 0 N–H and O–H groups in total. The molecule has 1 rings (SSSR count). The summed E-state index contributed by atoms with van der Waals surface area (Å²) in [4.78, 5) is 14.8. The van der Waals surface area contributed by atoms with Gasteiger partial charge in [0.15, 0.2) is 0 Å². The van der Waals surface area contributed by atoms with Crippen LogP contribution in [0.4, 0.5) is 0 Å². The van der Waals surface area contributed by atoms with Crippen LogP contribution in [-0.2, 0) is 4.74 Å². The third-order valence-corrected chi connectivity index (χ3v) is 1.46. The molecule has 0 aromatic carbocycles. The molecule has 0 spiro atoms. The SMILES string of the molecule is CCOC(=O)c1[c-]ccnc1Cl.[Br-].[Mg+2]. The fourth-order valence-electron chi connectivity index (χ4n) is 0.694. The average molecular weight is 289 g/mol. The van der Waals surface area contributed by atoms with Crippen LogP contribution < -0.4 is 17.0 Å². The van der Waals surface area contributed by atoms with Gasteiger partial charge in [0.2, 0.25) is 0 Å². The van der Waals surface area contributed by atoms with Crippen molar-refractivity contribution in [2.75, 3.05) is 6.61 Å². The van der Waals surface area contributed by atoms with E-state index in [2.05, 4.69) is 11.1 Å². The summed E-state index contributed by atoms with van der Waals surface area (Å²) in [5.74, 6) is -0.490. The van der Waals surface area contributed by atoms with Gasteiger partial charge in [-0.3, -0.25) is 0 Å². The zero-order chi connectivity index (χ0) is 8.97. The predicted molar refractivity (Wildman–Crippen MR) is 49.8 cm³/mol. The van der Waals surface area contributed by atoms with E-state index in [1.807, 2.05) is 0 Å². The summed E-state index contributed by atoms with van der Waals surface area (Å²) in [6.45, 7) is 2.04. The first-order valence-electron chi connectivity index (χ1n) is 3.45. The maximum absolute atomic E-state index is 11.1. The first-order chi connectivity index (χ1) is 5.75. The van der Waals surface area contributed by atoms with Gasteiger partial charge in [-0.25, -0.2) is 0 Å². The van der Waals surface area contributed by atoms with Gasteiger partial charge in [-0.2, -0.15) is 0 Å². The molecule has 0 fully saturated rings. The molecule has 14 heavy (non-hydrogen) atoms. The van der Waals surface area contributed by atoms with Gasteiger partial charge in [-0.1, -0.05) is 6.20 Å². The van der Waals surface area contributed by atoms with Crippen molar-refractivity contribution in [2.45, 2.75) is 6.92 Å². The Labute approximate surface area is 114 Å². The zero-order valence-corrected chi connectivity index (χ0v) is 11.3. The van der Waals surface area contributed by atoms with Crippen LogP contribution in [0.15, 0.2) is 12.3 Å². The zero-order valence-electron chi connectivity index (χ0n) is 7.59. The molecule has 3 nitrogen and oxygen atoms in total. The largest absolute Gasteiger partial charge is 2.00 e. The minimum Gasteiger partial charge on any atom is -1.00 e. The quantitative estimate of drug-likeness (QED) is 0.283. The van der Waals surface area contributed by atoms with E-state index in [-0.39, 0.29) is 50.8 Å². The molecule has 0 aliphatic carbocycles. The molecule has 6 heteroatoms. The summed E-state index contributed by atoms with van der Waals surface area (Å²) < 4.78 is 4.71. The molecule has 1 aromatic heterocycles. The van der Waals surface area contributed by atoms with E-state index in [1.165, 1.54) is 12.3 Å². The number of aromatic nitrogens is 1. The summed E-state index contributed by atoms with van der Waals surface area (Å²) in [5, 5.41) is 0.121. The molecular weight excluding hydrogens is 282 g/mol. The third-order valence-electron chi connectivity index (χ3n) is 1.18. The second kappa shape index (κ2) is 8.46. The second-order valence-electron chi connectivity index (χ2n) is 1.98. The van der Waals surface area contributed by atoms with Crippen molar-refractivity contribution in [3.05, 3.63) is 29.0 Å². The molecule has 0 aliphatic rings. The van der Waals surface area contributed by atoms with Crippen LogP contribution in [-0.4, -0.2) is 40.6 Å². The minimum atomic E-state index is -0.490. The summed E-state index contributed by atoms with van der Waals surface area (Å²) in [7, 11) is 0. The van der Waals surface area contributed by atoms with Gasteiger partial charge in [-0.15, -0.1) is 23.7 Å². The number of hydrogen-bond donors (Lipinski definition) is 0. The maximum Gasteiger partial charge on any atom is 2.00 e. The van der Waals surface area contributed by atoms with Gasteiger partial charge in [0.25, 0.3) is 5.97 Å². The molecular formula is C8H7BrClMgNO2. The topological polar surface area (TPSA) is 39.2 Å². The molecule has 0 amide bonds. The van der Waals surface area contributed by atoms with Crippen molar-refractivity contribution in [3.8, 4) is 0 Å². The number of pyridine rings is 1. The smallest absolute Gasteiger partial charge is 1.00 e. The number of esters is 1. The number of rotatable bonds is 2. The predicted octanol–water partition coefficient (Wildman–Crippen LogP) is -1.66. The van der Waals surface area contributed by atoms with E-state index in [9.17, 15) is 4.79 Å². The fraction of sp³-hybridized carbons (Fsp3) is 0.250. The van der Waals surface area contributed by atoms with Gasteiger partial charge >= 0.3 is 23.1 Å². The summed E-state index contributed by atoms with van der Waals surface area (Å²) in [6.07, 6.45) is 1.46. The van der Waals surface area contributed by atoms with Crippen molar-refractivity contribution < 1.29 is 26.5 Å². The monoisotopic (exact) mass is 287 g/mol. The number of nitrogens with zero attached hydrogens (tertiary/aromatic N) is 1. The molecule has 0 unspecified atom stereocenters. The van der Waals surface area contributed by atoms with Gasteiger partial charge < -0.3 is 31.5 Å². The Hall–Kier alpha value is 0.156. The van der Waals surface area contributed by atoms with Crippen molar-refractivity contribution in [1.82, 2.24) is 4.98 Å². The van der Waals surface area contributed by atoms with Gasteiger partial charge in [0.05, 0.1) is 6.61 Å². The Balaban J connectivity index is 0. The molecule has 0 bridgehead atoms. The van der Waals surface area contributed by atoms with E-state index in [4.69, 9.17) is 16.3 Å². The minimum absolute atomic E-state index is 0. The number of ether oxygens (including phenoxy) is 1. The Morgan fingerprint density at radius 3 is 2.86 bits per heavy atom. The molecule has 72 valence electrons. The van der Waals surface area contributed by atoms with Crippen molar-refractivity contribution in [3.63, 3.8) is 0 Å². The second-order valence-corrected chi connectivity index (χ2v) is 2.33. The molecule has 0 radical (unpaired) electrons. The van der Waals surface area contributed by atoms with Gasteiger partial charge in [0, 0.05) is 5.15 Å². The van der Waals surface area contributed by atoms with Crippen LogP contribution in [0.2, 0.25) is 5.15 Å². The number of hydrogen-bond acceptors (Lipinski definition) is 3. The van der Waals surface area contributed by atoms with Crippen LogP contribution in [0.25, 0.3) is 0 Å². The van der Waals surface area contributed by atoms with Crippen LogP contribution >= 0.6 is 11.6 Å². The van der Waals surface area contributed by atoms with Crippen molar-refractivity contribution >= 4 is 40.6 Å². The van der Waals surface area contributed by atoms with E-state index >= 15 is 0 Å². The first-order valence-corrected chi connectivity index (χ1v) is 3.82. The van der Waals surface area contributed by atoms with Crippen molar-refractivity contribution in [2.24, 2.45) is 0 Å². The molecule has 1 aromatic rings. The molecule has 1 heterocycles. The number of carbonyl (C=O) groups is 1. The third kappa shape index (κ3) is 4.59. The Bertz CT molecular complexity index is 298. The van der Waals surface area contributed by atoms with E-state index in [0.717, 1.165) is 0 Å². The number of halogens is 2. The van der Waals surface area contributed by atoms with E-state index in [1.54, 1.807) is 6.92 Å². The average Bonchev–Trinajstić information content (AvgIpc) is 2.05. The van der Waals surface area contributed by atoms with Gasteiger partial charge in [0.1, 0.15) is 0 Å². The van der Waals surface area contributed by atoms with Crippen LogP contribution in [0, 0.1) is 6.07 Å². The first kappa shape index (κ1) is 16.6. The standard InChI is InChI=1S/C8H7ClNO2.BrH.Mg/c1-2-12-8(11)6-4-3-5-10-7(6)9;;/h3,5H,2H2,1H3;1H;/q-1;;+2/p-1. The van der Waals surface area contributed by atoms with Crippen molar-refractivity contribution in [1.29, 1.82) is 0 Å². The Morgan fingerprint density at radius 2 is 2.36 bits per heavy atom. The van der Waals surface area contributed by atoms with Crippen LogP contribution in [0.1, 0.15) is 17.3 Å². The maximum atomic E-state index is 11.1. The Kier molecular flexibility index (Phi) is 10.0. The summed E-state index contributed by atoms with van der Waals surface area (Å²) >= 11 is 5.61. The molecule has 0 saturated carbocycles. The molecule has 0 saturated heterocycles. The Morgan fingerprint density at radius 1 is 1.71 bits per heavy atom.